The second-order valence-electron chi connectivity index (χ2n) is 5.53. The van der Waals surface area contributed by atoms with Gasteiger partial charge in [0.05, 0.1) is 6.61 Å². The van der Waals surface area contributed by atoms with Crippen LogP contribution in [0.25, 0.3) is 0 Å². The van der Waals surface area contributed by atoms with Crippen molar-refractivity contribution in [3.63, 3.8) is 0 Å². The minimum Gasteiger partial charge on any atom is -0.222 e. The average Bonchev–Trinajstić information content (AvgIpc) is 2.68. The molecule has 0 N–H and O–H groups in total. The highest BCUT2D eigenvalue weighted by Gasteiger charge is 2.47. The van der Waals surface area contributed by atoms with Gasteiger partial charge in [-0.05, 0) is 48.6 Å². The molecule has 0 fully saturated rings. The summed E-state index contributed by atoms with van der Waals surface area (Å²) < 4.78 is 6.69. The van der Waals surface area contributed by atoms with E-state index in [0.717, 1.165) is 12.2 Å². The van der Waals surface area contributed by atoms with Gasteiger partial charge in [-0.15, -0.1) is 0 Å². The van der Waals surface area contributed by atoms with Crippen molar-refractivity contribution >= 4 is 36.0 Å². The zero-order chi connectivity index (χ0) is 16.7. The lowest BCUT2D eigenvalue weighted by Gasteiger charge is -2.25. The van der Waals surface area contributed by atoms with Crippen molar-refractivity contribution in [1.29, 1.82) is 0 Å². The fourth-order valence-corrected chi connectivity index (χ4v) is 6.50. The molecule has 3 heteroatoms. The van der Waals surface area contributed by atoms with Crippen LogP contribution in [0.5, 0.6) is 0 Å². The van der Waals surface area contributed by atoms with Crippen molar-refractivity contribution in [2.45, 2.75) is 6.42 Å². The Morgan fingerprint density at radius 1 is 0.625 bits per heavy atom. The van der Waals surface area contributed by atoms with E-state index in [4.69, 9.17) is 4.52 Å². The predicted octanol–water partition coefficient (Wildman–Crippen LogP) is 4.23. The quantitative estimate of drug-likeness (QED) is 0.380. The third kappa shape index (κ3) is 3.57. The van der Waals surface area contributed by atoms with Gasteiger partial charge in [0, 0.05) is 0 Å². The topological polar surface area (TPSA) is 9.23 Å². The molecule has 0 aliphatic heterocycles. The molecule has 24 heavy (non-hydrogen) atoms. The zero-order valence-electron chi connectivity index (χ0n) is 13.6. The molecule has 0 radical (unpaired) electrons. The standard InChI is InChI=1S/C21H21OPS/c24-18-10-17-22-23(19-11-4-1-5-12-19,20-13-6-2-7-14-20)21-15-8-3-9-16-21/h1-9,11-16H,10,17-18H2/p+1. The molecule has 3 aromatic carbocycles. The summed E-state index contributed by atoms with van der Waals surface area (Å²) in [6.45, 7) is 0.704. The highest BCUT2D eigenvalue weighted by Crippen LogP contribution is 2.56. The van der Waals surface area contributed by atoms with E-state index in [1.165, 1.54) is 15.9 Å². The van der Waals surface area contributed by atoms with Crippen LogP contribution in [-0.2, 0) is 4.52 Å². The van der Waals surface area contributed by atoms with Crippen LogP contribution in [0.3, 0.4) is 0 Å². The van der Waals surface area contributed by atoms with Crippen LogP contribution in [0.4, 0.5) is 0 Å². The summed E-state index contributed by atoms with van der Waals surface area (Å²) in [6, 6.07) is 31.9. The molecule has 0 aliphatic carbocycles. The van der Waals surface area contributed by atoms with E-state index in [0.29, 0.717) is 6.61 Å². The van der Waals surface area contributed by atoms with Crippen molar-refractivity contribution in [2.75, 3.05) is 12.4 Å². The first kappa shape index (κ1) is 17.2. The van der Waals surface area contributed by atoms with Crippen LogP contribution in [0, 0.1) is 0 Å². The summed E-state index contributed by atoms with van der Waals surface area (Å²) in [7, 11) is -2.12. The predicted molar refractivity (Wildman–Crippen MR) is 110 cm³/mol. The largest absolute Gasteiger partial charge is 0.242 e. The maximum atomic E-state index is 6.69. The Morgan fingerprint density at radius 2 is 1.00 bits per heavy atom. The maximum Gasteiger partial charge on any atom is 0.242 e. The molecule has 0 bridgehead atoms. The number of benzene rings is 3. The van der Waals surface area contributed by atoms with E-state index in [1.807, 2.05) is 0 Å². The Morgan fingerprint density at radius 3 is 1.33 bits per heavy atom. The van der Waals surface area contributed by atoms with Crippen molar-refractivity contribution in [2.24, 2.45) is 0 Å². The summed E-state index contributed by atoms with van der Waals surface area (Å²) >= 11 is 4.34. The van der Waals surface area contributed by atoms with Crippen LogP contribution in [0.15, 0.2) is 91.0 Å². The molecule has 122 valence electrons. The highest BCUT2D eigenvalue weighted by molar-refractivity contribution is 7.91. The molecule has 0 aromatic heterocycles. The SMILES string of the molecule is SCCCO[P+](c1ccccc1)(c1ccccc1)c1ccccc1. The Bertz CT molecular complexity index is 635. The van der Waals surface area contributed by atoms with Crippen molar-refractivity contribution < 1.29 is 4.52 Å². The van der Waals surface area contributed by atoms with Gasteiger partial charge in [0.15, 0.2) is 0 Å². The van der Waals surface area contributed by atoms with Gasteiger partial charge < -0.3 is 0 Å². The molecule has 0 unspecified atom stereocenters. The third-order valence-electron chi connectivity index (χ3n) is 3.95. The van der Waals surface area contributed by atoms with E-state index in [9.17, 15) is 0 Å². The maximum absolute atomic E-state index is 6.69. The smallest absolute Gasteiger partial charge is 0.222 e. The normalized spacial score (nSPS) is 11.4. The third-order valence-corrected chi connectivity index (χ3v) is 7.91. The molecule has 0 aliphatic rings. The molecular formula is C21H22OPS+. The van der Waals surface area contributed by atoms with E-state index in [-0.39, 0.29) is 0 Å². The Kier molecular flexibility index (Phi) is 6.09. The van der Waals surface area contributed by atoms with Crippen LogP contribution in [-0.4, -0.2) is 12.4 Å². The first-order chi connectivity index (χ1) is 11.9. The molecule has 0 amide bonds. The average molecular weight is 353 g/mol. The van der Waals surface area contributed by atoms with Crippen molar-refractivity contribution in [1.82, 2.24) is 0 Å². The van der Waals surface area contributed by atoms with E-state index in [2.05, 4.69) is 104 Å². The summed E-state index contributed by atoms with van der Waals surface area (Å²) in [5.74, 6) is 0.832. The minimum atomic E-state index is -2.12. The zero-order valence-corrected chi connectivity index (χ0v) is 15.4. The van der Waals surface area contributed by atoms with E-state index < -0.39 is 7.49 Å². The number of hydrogen-bond acceptors (Lipinski definition) is 2. The van der Waals surface area contributed by atoms with Crippen LogP contribution >= 0.6 is 20.1 Å². The molecule has 1 nitrogen and oxygen atoms in total. The van der Waals surface area contributed by atoms with Crippen LogP contribution in [0.1, 0.15) is 6.42 Å². The van der Waals surface area contributed by atoms with Crippen LogP contribution < -0.4 is 15.9 Å². The molecule has 0 saturated heterocycles. The fourth-order valence-electron chi connectivity index (χ4n) is 2.85. The van der Waals surface area contributed by atoms with Gasteiger partial charge in [0.1, 0.15) is 15.9 Å². The number of rotatable bonds is 7. The molecular weight excluding hydrogens is 331 g/mol. The van der Waals surface area contributed by atoms with Gasteiger partial charge >= 0.3 is 0 Å². The fraction of sp³-hybridized carbons (Fsp3) is 0.143. The van der Waals surface area contributed by atoms with Crippen molar-refractivity contribution in [3.8, 4) is 0 Å². The second-order valence-corrected chi connectivity index (χ2v) is 9.00. The first-order valence-electron chi connectivity index (χ1n) is 8.19. The highest BCUT2D eigenvalue weighted by atomic mass is 32.1. The lowest BCUT2D eigenvalue weighted by atomic mass is 10.4. The van der Waals surface area contributed by atoms with Gasteiger partial charge in [-0.1, -0.05) is 54.6 Å². The summed E-state index contributed by atoms with van der Waals surface area (Å²) in [5.41, 5.74) is 0. The number of hydrogen-bond donors (Lipinski definition) is 1. The Balaban J connectivity index is 2.20. The summed E-state index contributed by atoms with van der Waals surface area (Å²) in [6.07, 6.45) is 0.942. The first-order valence-corrected chi connectivity index (χ1v) is 10.5. The lowest BCUT2D eigenvalue weighted by Crippen LogP contribution is -2.33. The Labute approximate surface area is 150 Å². The van der Waals surface area contributed by atoms with Gasteiger partial charge in [0.2, 0.25) is 7.49 Å². The van der Waals surface area contributed by atoms with Gasteiger partial charge in [-0.25, -0.2) is 4.52 Å². The summed E-state index contributed by atoms with van der Waals surface area (Å²) in [4.78, 5) is 0. The molecule has 3 rings (SSSR count). The monoisotopic (exact) mass is 353 g/mol. The molecule has 0 spiro atoms. The molecule has 3 aromatic rings. The molecule has 0 saturated carbocycles. The number of thiol groups is 1. The molecule has 0 heterocycles. The second kappa shape index (κ2) is 8.48. The van der Waals surface area contributed by atoms with Gasteiger partial charge in [0.25, 0.3) is 0 Å². The Hall–Kier alpha value is -1.60. The van der Waals surface area contributed by atoms with Crippen molar-refractivity contribution in [3.05, 3.63) is 91.0 Å². The van der Waals surface area contributed by atoms with Crippen LogP contribution in [0.2, 0.25) is 0 Å². The molecule has 0 atom stereocenters. The van der Waals surface area contributed by atoms with Gasteiger partial charge in [-0.3, -0.25) is 0 Å². The van der Waals surface area contributed by atoms with E-state index >= 15 is 0 Å². The lowest BCUT2D eigenvalue weighted by molar-refractivity contribution is 0.356. The summed E-state index contributed by atoms with van der Waals surface area (Å²) in [5, 5.41) is 3.75. The minimum absolute atomic E-state index is 0.704. The van der Waals surface area contributed by atoms with Gasteiger partial charge in [-0.2, -0.15) is 12.6 Å². The van der Waals surface area contributed by atoms with E-state index in [1.54, 1.807) is 0 Å².